The molecule has 5 nitrogen and oxygen atoms in total. The summed E-state index contributed by atoms with van der Waals surface area (Å²) < 4.78 is 32.1. The lowest BCUT2D eigenvalue weighted by Gasteiger charge is -2.48. The number of nitrogens with two attached hydrogens (primary N) is 1. The lowest BCUT2D eigenvalue weighted by atomic mass is 9.63. The van der Waals surface area contributed by atoms with E-state index in [4.69, 9.17) is 10.7 Å². The van der Waals surface area contributed by atoms with E-state index >= 15 is 0 Å². The van der Waals surface area contributed by atoms with Crippen molar-refractivity contribution in [2.45, 2.75) is 76.4 Å². The highest BCUT2D eigenvalue weighted by atomic mass is 19.3. The van der Waals surface area contributed by atoms with Crippen molar-refractivity contribution in [2.75, 3.05) is 0 Å². The first kappa shape index (κ1) is 23.8. The van der Waals surface area contributed by atoms with Crippen LogP contribution in [0.5, 0.6) is 5.75 Å². The molecule has 2 aromatic carbocycles. The number of hydrogen-bond acceptors (Lipinski definition) is 3. The number of carbonyl (C=O) groups excluding carboxylic acids is 1. The molecule has 2 aliphatic rings. The highest BCUT2D eigenvalue weighted by molar-refractivity contribution is 5.89. The number of aromatic nitrogens is 2. The van der Waals surface area contributed by atoms with E-state index in [1.165, 1.54) is 25.0 Å². The summed E-state index contributed by atoms with van der Waals surface area (Å²) in [6.07, 6.45) is 10.6. The molecule has 2 fully saturated rings. The Hall–Kier alpha value is -2.96. The van der Waals surface area contributed by atoms with Gasteiger partial charge in [0.25, 0.3) is 0 Å². The Morgan fingerprint density at radius 2 is 1.49 bits per heavy atom. The molecule has 0 radical (unpaired) electrons. The van der Waals surface area contributed by atoms with Gasteiger partial charge in [-0.1, -0.05) is 50.7 Å². The minimum absolute atomic E-state index is 0.0899. The van der Waals surface area contributed by atoms with Gasteiger partial charge in [-0.25, -0.2) is 4.98 Å². The van der Waals surface area contributed by atoms with Gasteiger partial charge >= 0.3 is 6.61 Å². The maximum atomic E-state index is 13.8. The van der Waals surface area contributed by atoms with Crippen molar-refractivity contribution >= 4 is 16.9 Å². The number of rotatable bonds is 7. The third-order valence-corrected chi connectivity index (χ3v) is 8.12. The van der Waals surface area contributed by atoms with Crippen LogP contribution in [-0.2, 0) is 10.3 Å². The maximum Gasteiger partial charge on any atom is 0.387 e. The smallest absolute Gasteiger partial charge is 0.387 e. The quantitative estimate of drug-likeness (QED) is 0.411. The first-order valence-electron chi connectivity index (χ1n) is 12.8. The average molecular weight is 482 g/mol. The second kappa shape index (κ2) is 9.96. The second-order valence-corrected chi connectivity index (χ2v) is 10.0. The summed E-state index contributed by atoms with van der Waals surface area (Å²) in [6.45, 7) is -2.88. The van der Waals surface area contributed by atoms with Gasteiger partial charge in [-0.2, -0.15) is 8.78 Å². The Kier molecular flexibility index (Phi) is 6.76. The Morgan fingerprint density at radius 3 is 2.03 bits per heavy atom. The molecule has 7 heteroatoms. The molecular formula is C28H33F2N3O2. The summed E-state index contributed by atoms with van der Waals surface area (Å²) in [5.74, 6) is 0.736. The topological polar surface area (TPSA) is 70.1 Å². The van der Waals surface area contributed by atoms with Crippen LogP contribution in [0.4, 0.5) is 8.78 Å². The average Bonchev–Trinajstić information content (AvgIpc) is 3.26. The van der Waals surface area contributed by atoms with E-state index in [0.717, 1.165) is 68.0 Å². The molecule has 1 amide bonds. The summed E-state index contributed by atoms with van der Waals surface area (Å²) in [4.78, 5) is 18.8. The van der Waals surface area contributed by atoms with Crippen LogP contribution < -0.4 is 10.5 Å². The highest BCUT2D eigenvalue weighted by Gasteiger charge is 2.53. The van der Waals surface area contributed by atoms with Crippen molar-refractivity contribution in [3.63, 3.8) is 0 Å². The number of ether oxygens (including phenoxy) is 1. The van der Waals surface area contributed by atoms with E-state index in [1.807, 2.05) is 24.3 Å². The minimum Gasteiger partial charge on any atom is -0.435 e. The molecule has 0 bridgehead atoms. The fourth-order valence-corrected chi connectivity index (χ4v) is 6.68. The van der Waals surface area contributed by atoms with Gasteiger partial charge in [0.1, 0.15) is 17.1 Å². The molecule has 2 saturated carbocycles. The van der Waals surface area contributed by atoms with Crippen molar-refractivity contribution in [3.05, 3.63) is 48.5 Å². The number of primary amides is 1. The van der Waals surface area contributed by atoms with Crippen molar-refractivity contribution < 1.29 is 18.3 Å². The zero-order chi connectivity index (χ0) is 24.4. The summed E-state index contributed by atoms with van der Waals surface area (Å²) in [7, 11) is 0. The fourth-order valence-electron chi connectivity index (χ4n) is 6.68. The van der Waals surface area contributed by atoms with Crippen molar-refractivity contribution in [3.8, 4) is 17.1 Å². The predicted octanol–water partition coefficient (Wildman–Crippen LogP) is 6.65. The lowest BCUT2D eigenvalue weighted by Crippen LogP contribution is -2.58. The number of imidazole rings is 1. The van der Waals surface area contributed by atoms with Crippen LogP contribution in [0.1, 0.15) is 64.2 Å². The van der Waals surface area contributed by atoms with E-state index in [1.54, 1.807) is 12.1 Å². The lowest BCUT2D eigenvalue weighted by molar-refractivity contribution is -0.135. The molecule has 0 unspecified atom stereocenters. The fraction of sp³-hybridized carbons (Fsp3) is 0.500. The molecular weight excluding hydrogens is 448 g/mol. The Balaban J connectivity index is 1.75. The summed E-state index contributed by atoms with van der Waals surface area (Å²) in [6, 6.07) is 14.4. The summed E-state index contributed by atoms with van der Waals surface area (Å²) >= 11 is 0. The van der Waals surface area contributed by atoms with Crippen LogP contribution in [0.2, 0.25) is 0 Å². The molecule has 1 aromatic heterocycles. The molecule has 0 saturated heterocycles. The van der Waals surface area contributed by atoms with E-state index in [0.29, 0.717) is 5.82 Å². The SMILES string of the molecule is NC(=O)C(C1CCCCC1)(C1CCCCC1)n1c(-c2ccc(OC(F)F)cc2)nc2ccccc21. The maximum absolute atomic E-state index is 13.8. The zero-order valence-corrected chi connectivity index (χ0v) is 20.0. The molecule has 0 atom stereocenters. The van der Waals surface area contributed by atoms with Gasteiger partial charge in [0, 0.05) is 5.56 Å². The van der Waals surface area contributed by atoms with Crippen molar-refractivity contribution in [1.82, 2.24) is 9.55 Å². The van der Waals surface area contributed by atoms with E-state index in [-0.39, 0.29) is 23.5 Å². The normalized spacial score (nSPS) is 18.3. The van der Waals surface area contributed by atoms with Crippen molar-refractivity contribution in [1.29, 1.82) is 0 Å². The zero-order valence-electron chi connectivity index (χ0n) is 20.0. The van der Waals surface area contributed by atoms with Crippen LogP contribution in [0.3, 0.4) is 0 Å². The molecule has 2 aliphatic carbocycles. The summed E-state index contributed by atoms with van der Waals surface area (Å²) in [5, 5.41) is 0. The molecule has 186 valence electrons. The molecule has 2 N–H and O–H groups in total. The van der Waals surface area contributed by atoms with Gasteiger partial charge in [0.05, 0.1) is 11.0 Å². The monoisotopic (exact) mass is 481 g/mol. The van der Waals surface area contributed by atoms with Crippen LogP contribution in [0, 0.1) is 11.8 Å². The van der Waals surface area contributed by atoms with Gasteiger partial charge in [-0.15, -0.1) is 0 Å². The van der Waals surface area contributed by atoms with E-state index in [2.05, 4.69) is 9.30 Å². The number of hydrogen-bond donors (Lipinski definition) is 1. The molecule has 1 heterocycles. The molecule has 5 rings (SSSR count). The number of alkyl halides is 2. The second-order valence-electron chi connectivity index (χ2n) is 10.0. The standard InChI is InChI=1S/C28H33F2N3O2/c29-27(30)35-22-17-15-19(16-18-22)25-32-23-13-7-8-14-24(23)33(25)28(26(31)34,20-9-3-1-4-10-20)21-11-5-2-6-12-21/h7-8,13-18,20-21,27H,1-6,9-12H2,(H2,31,34). The molecule has 3 aromatic rings. The number of benzene rings is 2. The third-order valence-electron chi connectivity index (χ3n) is 8.12. The Labute approximate surface area is 204 Å². The first-order chi connectivity index (χ1) is 17.0. The van der Waals surface area contributed by atoms with Gasteiger partial charge < -0.3 is 15.0 Å². The highest BCUT2D eigenvalue weighted by Crippen LogP contribution is 2.50. The number of halogens is 2. The van der Waals surface area contributed by atoms with Gasteiger partial charge in [-0.05, 0) is 73.9 Å². The molecule has 0 aliphatic heterocycles. The number of para-hydroxylation sites is 2. The predicted molar refractivity (Wildman–Crippen MR) is 132 cm³/mol. The number of nitrogens with zero attached hydrogens (tertiary/aromatic N) is 2. The third kappa shape index (κ3) is 4.30. The van der Waals surface area contributed by atoms with Crippen LogP contribution in [0.25, 0.3) is 22.4 Å². The first-order valence-corrected chi connectivity index (χ1v) is 12.8. The van der Waals surface area contributed by atoms with Gasteiger partial charge in [-0.3, -0.25) is 4.79 Å². The Bertz CT molecular complexity index is 1140. The Morgan fingerprint density at radius 1 is 0.914 bits per heavy atom. The van der Waals surface area contributed by atoms with Crippen LogP contribution >= 0.6 is 0 Å². The molecule has 35 heavy (non-hydrogen) atoms. The van der Waals surface area contributed by atoms with E-state index < -0.39 is 12.2 Å². The van der Waals surface area contributed by atoms with Crippen LogP contribution in [-0.4, -0.2) is 22.1 Å². The number of carbonyl (C=O) groups is 1. The largest absolute Gasteiger partial charge is 0.435 e. The molecule has 0 spiro atoms. The van der Waals surface area contributed by atoms with Gasteiger partial charge in [0.15, 0.2) is 0 Å². The number of fused-ring (bicyclic) bond motifs is 1. The van der Waals surface area contributed by atoms with Crippen molar-refractivity contribution in [2.24, 2.45) is 17.6 Å². The summed E-state index contributed by atoms with van der Waals surface area (Å²) in [5.41, 5.74) is 8.01. The van der Waals surface area contributed by atoms with Gasteiger partial charge in [0.2, 0.25) is 5.91 Å². The van der Waals surface area contributed by atoms with Crippen LogP contribution in [0.15, 0.2) is 48.5 Å². The number of amides is 1. The van der Waals surface area contributed by atoms with E-state index in [9.17, 15) is 13.6 Å². The minimum atomic E-state index is -2.88.